The molecule has 2 rings (SSSR count). The standard InChI is InChI=1S/C18H20Cl2N2O3S/c1-11(2)25-18-16(19)8-14(9-17(18)20)10-21-22-26(23,24)15-6-5-12(3)13(4)7-15/h5-11,22H,1-4H3/b21-10+. The summed E-state index contributed by atoms with van der Waals surface area (Å²) in [5.41, 5.74) is 2.44. The first-order valence-corrected chi connectivity index (χ1v) is 10.1. The minimum atomic E-state index is -3.75. The van der Waals surface area contributed by atoms with Gasteiger partial charge in [0, 0.05) is 0 Å². The predicted octanol–water partition coefficient (Wildman–Crippen LogP) is 4.71. The second-order valence-electron chi connectivity index (χ2n) is 6.08. The van der Waals surface area contributed by atoms with Gasteiger partial charge in [0.05, 0.1) is 27.3 Å². The van der Waals surface area contributed by atoms with Crippen molar-refractivity contribution in [1.29, 1.82) is 0 Å². The topological polar surface area (TPSA) is 67.8 Å². The van der Waals surface area contributed by atoms with Crippen LogP contribution < -0.4 is 9.57 Å². The van der Waals surface area contributed by atoms with Crippen molar-refractivity contribution in [2.75, 3.05) is 0 Å². The molecule has 0 fully saturated rings. The molecule has 0 saturated heterocycles. The largest absolute Gasteiger partial charge is 0.488 e. The first-order valence-electron chi connectivity index (χ1n) is 7.88. The van der Waals surface area contributed by atoms with Crippen LogP contribution in [0.1, 0.15) is 30.5 Å². The summed E-state index contributed by atoms with van der Waals surface area (Å²) >= 11 is 12.3. The molecule has 0 heterocycles. The SMILES string of the molecule is Cc1ccc(S(=O)(=O)N/N=C/c2cc(Cl)c(OC(C)C)c(Cl)c2)cc1C. The summed E-state index contributed by atoms with van der Waals surface area (Å²) in [5.74, 6) is 0.385. The summed E-state index contributed by atoms with van der Waals surface area (Å²) in [5, 5.41) is 4.44. The highest BCUT2D eigenvalue weighted by molar-refractivity contribution is 7.89. The molecule has 0 aromatic heterocycles. The van der Waals surface area contributed by atoms with Crippen molar-refractivity contribution in [3.63, 3.8) is 0 Å². The van der Waals surface area contributed by atoms with Gasteiger partial charge in [-0.25, -0.2) is 4.83 Å². The molecule has 26 heavy (non-hydrogen) atoms. The third-order valence-electron chi connectivity index (χ3n) is 3.55. The van der Waals surface area contributed by atoms with Crippen LogP contribution in [-0.4, -0.2) is 20.7 Å². The van der Waals surface area contributed by atoms with Gasteiger partial charge < -0.3 is 4.74 Å². The van der Waals surface area contributed by atoms with E-state index >= 15 is 0 Å². The highest BCUT2D eigenvalue weighted by Gasteiger charge is 2.14. The fraction of sp³-hybridized carbons (Fsp3) is 0.278. The zero-order chi connectivity index (χ0) is 19.5. The van der Waals surface area contributed by atoms with Crippen molar-refractivity contribution >= 4 is 39.4 Å². The van der Waals surface area contributed by atoms with Crippen molar-refractivity contribution < 1.29 is 13.2 Å². The normalized spacial score (nSPS) is 12.0. The number of sulfonamides is 1. The molecule has 0 unspecified atom stereocenters. The van der Waals surface area contributed by atoms with Crippen LogP contribution in [0.15, 0.2) is 40.3 Å². The number of nitrogens with one attached hydrogen (secondary N) is 1. The minimum Gasteiger partial charge on any atom is -0.488 e. The number of hydrogen-bond donors (Lipinski definition) is 1. The van der Waals surface area contributed by atoms with Crippen molar-refractivity contribution in [1.82, 2.24) is 4.83 Å². The molecule has 2 aromatic carbocycles. The number of benzene rings is 2. The van der Waals surface area contributed by atoms with Crippen LogP contribution >= 0.6 is 23.2 Å². The molecule has 8 heteroatoms. The third-order valence-corrected chi connectivity index (χ3v) is 5.33. The Labute approximate surface area is 164 Å². The highest BCUT2D eigenvalue weighted by atomic mass is 35.5. The summed E-state index contributed by atoms with van der Waals surface area (Å²) in [4.78, 5) is 2.33. The Hall–Kier alpha value is -1.76. The molecular formula is C18H20Cl2N2O3S. The highest BCUT2D eigenvalue weighted by Crippen LogP contribution is 2.34. The third kappa shape index (κ3) is 5.13. The number of nitrogens with zero attached hydrogens (tertiary/aromatic N) is 1. The molecule has 0 saturated carbocycles. The van der Waals surface area contributed by atoms with Gasteiger partial charge in [0.15, 0.2) is 5.75 Å². The number of hydrogen-bond acceptors (Lipinski definition) is 4. The smallest absolute Gasteiger partial charge is 0.276 e. The molecule has 0 atom stereocenters. The lowest BCUT2D eigenvalue weighted by molar-refractivity contribution is 0.243. The molecule has 2 aromatic rings. The Morgan fingerprint density at radius 2 is 1.69 bits per heavy atom. The molecule has 1 N–H and O–H groups in total. The van der Waals surface area contributed by atoms with E-state index in [1.165, 1.54) is 12.3 Å². The molecule has 140 valence electrons. The van der Waals surface area contributed by atoms with Crippen molar-refractivity contribution in [3.8, 4) is 5.75 Å². The van der Waals surface area contributed by atoms with Crippen LogP contribution in [0.25, 0.3) is 0 Å². The van der Waals surface area contributed by atoms with E-state index in [1.807, 2.05) is 27.7 Å². The van der Waals surface area contributed by atoms with E-state index in [9.17, 15) is 8.42 Å². The van der Waals surface area contributed by atoms with E-state index in [2.05, 4.69) is 9.93 Å². The van der Waals surface area contributed by atoms with Gasteiger partial charge in [0.25, 0.3) is 10.0 Å². The van der Waals surface area contributed by atoms with Crippen LogP contribution in [0.5, 0.6) is 5.75 Å². The number of rotatable bonds is 6. The molecule has 0 bridgehead atoms. The zero-order valence-electron chi connectivity index (χ0n) is 14.9. The second-order valence-corrected chi connectivity index (χ2v) is 8.55. The lowest BCUT2D eigenvalue weighted by atomic mass is 10.1. The predicted molar refractivity (Wildman–Crippen MR) is 106 cm³/mol. The van der Waals surface area contributed by atoms with Crippen molar-refractivity contribution in [2.45, 2.75) is 38.7 Å². The molecule has 0 aliphatic heterocycles. The van der Waals surface area contributed by atoms with Gasteiger partial charge in [-0.05, 0) is 68.7 Å². The monoisotopic (exact) mass is 414 g/mol. The molecule has 0 aliphatic rings. The van der Waals surface area contributed by atoms with Gasteiger partial charge in [0.2, 0.25) is 0 Å². The van der Waals surface area contributed by atoms with Crippen LogP contribution in [0, 0.1) is 13.8 Å². The Bertz CT molecular complexity index is 918. The number of ether oxygens (including phenoxy) is 1. The zero-order valence-corrected chi connectivity index (χ0v) is 17.2. The van der Waals surface area contributed by atoms with Crippen LogP contribution in [0.4, 0.5) is 0 Å². The van der Waals surface area contributed by atoms with Gasteiger partial charge in [-0.3, -0.25) is 0 Å². The Balaban J connectivity index is 2.18. The van der Waals surface area contributed by atoms with Gasteiger partial charge in [-0.2, -0.15) is 13.5 Å². The summed E-state index contributed by atoms with van der Waals surface area (Å²) in [6.07, 6.45) is 1.25. The first kappa shape index (κ1) is 20.6. The summed E-state index contributed by atoms with van der Waals surface area (Å²) in [6, 6.07) is 8.07. The minimum absolute atomic E-state index is 0.0747. The lowest BCUT2D eigenvalue weighted by Gasteiger charge is -2.13. The molecule has 0 spiro atoms. The number of halogens is 2. The van der Waals surface area contributed by atoms with E-state index in [0.29, 0.717) is 21.4 Å². The Morgan fingerprint density at radius 1 is 1.08 bits per heavy atom. The molecule has 0 amide bonds. The van der Waals surface area contributed by atoms with E-state index in [-0.39, 0.29) is 11.0 Å². The maximum absolute atomic E-state index is 12.3. The maximum atomic E-state index is 12.3. The number of hydrazone groups is 1. The van der Waals surface area contributed by atoms with Crippen LogP contribution in [-0.2, 0) is 10.0 Å². The molecule has 0 radical (unpaired) electrons. The lowest BCUT2D eigenvalue weighted by Crippen LogP contribution is -2.18. The number of aryl methyl sites for hydroxylation is 2. The first-order chi connectivity index (χ1) is 12.1. The van der Waals surface area contributed by atoms with E-state index < -0.39 is 10.0 Å². The summed E-state index contributed by atoms with van der Waals surface area (Å²) in [6.45, 7) is 7.49. The Morgan fingerprint density at radius 3 is 2.23 bits per heavy atom. The molecule has 5 nitrogen and oxygen atoms in total. The summed E-state index contributed by atoms with van der Waals surface area (Å²) in [7, 11) is -3.75. The molecule has 0 aliphatic carbocycles. The van der Waals surface area contributed by atoms with E-state index in [4.69, 9.17) is 27.9 Å². The van der Waals surface area contributed by atoms with Gasteiger partial charge in [-0.15, -0.1) is 0 Å². The maximum Gasteiger partial charge on any atom is 0.276 e. The second kappa shape index (κ2) is 8.29. The quantitative estimate of drug-likeness (QED) is 0.549. The summed E-state index contributed by atoms with van der Waals surface area (Å²) < 4.78 is 30.1. The van der Waals surface area contributed by atoms with Gasteiger partial charge >= 0.3 is 0 Å². The average molecular weight is 415 g/mol. The van der Waals surface area contributed by atoms with Crippen molar-refractivity contribution in [3.05, 3.63) is 57.1 Å². The van der Waals surface area contributed by atoms with Crippen molar-refractivity contribution in [2.24, 2.45) is 5.10 Å². The van der Waals surface area contributed by atoms with E-state index in [0.717, 1.165) is 11.1 Å². The van der Waals surface area contributed by atoms with E-state index in [1.54, 1.807) is 24.3 Å². The average Bonchev–Trinajstić information content (AvgIpc) is 2.53. The molecular weight excluding hydrogens is 395 g/mol. The van der Waals surface area contributed by atoms with Crippen LogP contribution in [0.3, 0.4) is 0 Å². The Kier molecular flexibility index (Phi) is 6.55. The fourth-order valence-electron chi connectivity index (χ4n) is 2.11. The van der Waals surface area contributed by atoms with Gasteiger partial charge in [-0.1, -0.05) is 29.3 Å². The van der Waals surface area contributed by atoms with Crippen LogP contribution in [0.2, 0.25) is 10.0 Å². The fourth-order valence-corrected chi connectivity index (χ4v) is 3.58. The van der Waals surface area contributed by atoms with Gasteiger partial charge in [0.1, 0.15) is 0 Å².